The summed E-state index contributed by atoms with van der Waals surface area (Å²) in [7, 11) is 4.73. The number of carbonyl (C=O) groups is 1. The maximum atomic E-state index is 12.4. The quantitative estimate of drug-likeness (QED) is 0.275. The minimum Gasteiger partial charge on any atom is -0.493 e. The highest BCUT2D eigenvalue weighted by molar-refractivity contribution is 6.32. The molecule has 0 N–H and O–H groups in total. The second-order valence-electron chi connectivity index (χ2n) is 7.64. The number of hydrogen-bond donors (Lipinski definition) is 0. The summed E-state index contributed by atoms with van der Waals surface area (Å²) < 4.78 is 21.9. The van der Waals surface area contributed by atoms with Gasteiger partial charge >= 0.3 is 0 Å². The van der Waals surface area contributed by atoms with Crippen LogP contribution in [0, 0.1) is 0 Å². The Morgan fingerprint density at radius 3 is 2.24 bits per heavy atom. The molecule has 5 nitrogen and oxygen atoms in total. The number of rotatable bonds is 12. The lowest BCUT2D eigenvalue weighted by atomic mass is 10.1. The molecule has 0 aliphatic carbocycles. The van der Waals surface area contributed by atoms with Gasteiger partial charge in [0.15, 0.2) is 28.8 Å². The third-order valence-corrected chi connectivity index (χ3v) is 5.63. The first kappa shape index (κ1) is 25.2. The van der Waals surface area contributed by atoms with Crippen LogP contribution in [0.3, 0.4) is 0 Å². The van der Waals surface area contributed by atoms with Gasteiger partial charge in [0.2, 0.25) is 0 Å². The van der Waals surface area contributed by atoms with Crippen molar-refractivity contribution >= 4 is 23.5 Å². The largest absolute Gasteiger partial charge is 0.493 e. The molecule has 0 bridgehead atoms. The van der Waals surface area contributed by atoms with Crippen molar-refractivity contribution in [3.63, 3.8) is 0 Å². The van der Waals surface area contributed by atoms with Crippen LogP contribution in [0.15, 0.2) is 66.7 Å². The molecular weight excluding hydrogens is 452 g/mol. The number of aryl methyl sites for hydroxylation is 1. The standard InChI is InChI=1S/C28H29ClO5/c1-31-25-15-12-20(16-28(25)34-19-21-8-5-4-6-9-21)10-7-11-23(30)14-13-22-17-26(32-2)27(33-3)18-24(22)29/h4-6,8-9,12-18H,7,10-11,19H2,1-3H3/b14-13+. The molecule has 0 radical (unpaired) electrons. The van der Waals surface area contributed by atoms with Gasteiger partial charge in [0.1, 0.15) is 6.61 Å². The topological polar surface area (TPSA) is 54.0 Å². The van der Waals surface area contributed by atoms with E-state index in [1.54, 1.807) is 45.6 Å². The molecule has 0 saturated carbocycles. The van der Waals surface area contributed by atoms with E-state index in [1.807, 2.05) is 48.5 Å². The Kier molecular flexibility index (Phi) is 9.41. The molecule has 0 atom stereocenters. The van der Waals surface area contributed by atoms with Crippen LogP contribution in [0.25, 0.3) is 6.08 Å². The van der Waals surface area contributed by atoms with Crippen LogP contribution in [0.4, 0.5) is 0 Å². The van der Waals surface area contributed by atoms with Gasteiger partial charge in [-0.05, 0) is 59.9 Å². The molecule has 3 rings (SSSR count). The highest BCUT2D eigenvalue weighted by Gasteiger charge is 2.09. The molecule has 0 aliphatic rings. The fourth-order valence-corrected chi connectivity index (χ4v) is 3.67. The monoisotopic (exact) mass is 480 g/mol. The Labute approximate surface area is 205 Å². The summed E-state index contributed by atoms with van der Waals surface area (Å²) in [6.07, 6.45) is 5.15. The van der Waals surface area contributed by atoms with E-state index in [-0.39, 0.29) is 5.78 Å². The lowest BCUT2D eigenvalue weighted by Gasteiger charge is -2.12. The van der Waals surface area contributed by atoms with Crippen LogP contribution >= 0.6 is 11.6 Å². The minimum absolute atomic E-state index is 0.0277. The molecule has 6 heteroatoms. The Bertz CT molecular complexity index is 1130. The SMILES string of the molecule is COc1cc(Cl)c(/C=C/C(=O)CCCc2ccc(OC)c(OCc3ccccc3)c2)cc1OC. The zero-order chi connectivity index (χ0) is 24.3. The molecule has 0 fully saturated rings. The molecule has 0 saturated heterocycles. The van der Waals surface area contributed by atoms with Gasteiger partial charge < -0.3 is 18.9 Å². The molecule has 0 spiro atoms. The highest BCUT2D eigenvalue weighted by Crippen LogP contribution is 2.34. The van der Waals surface area contributed by atoms with E-state index in [2.05, 4.69) is 0 Å². The van der Waals surface area contributed by atoms with E-state index >= 15 is 0 Å². The number of ketones is 1. The Balaban J connectivity index is 1.56. The van der Waals surface area contributed by atoms with Crippen molar-refractivity contribution in [2.45, 2.75) is 25.9 Å². The summed E-state index contributed by atoms with van der Waals surface area (Å²) in [5.74, 6) is 2.51. The Hall–Kier alpha value is -3.44. The van der Waals surface area contributed by atoms with Crippen molar-refractivity contribution in [2.75, 3.05) is 21.3 Å². The van der Waals surface area contributed by atoms with E-state index in [0.717, 1.165) is 17.5 Å². The summed E-state index contributed by atoms with van der Waals surface area (Å²) in [5.41, 5.74) is 2.87. The molecule has 0 unspecified atom stereocenters. The van der Waals surface area contributed by atoms with Crippen molar-refractivity contribution in [3.05, 3.63) is 88.5 Å². The molecule has 178 valence electrons. The predicted molar refractivity (Wildman–Crippen MR) is 135 cm³/mol. The van der Waals surface area contributed by atoms with Crippen LogP contribution in [-0.4, -0.2) is 27.1 Å². The van der Waals surface area contributed by atoms with Gasteiger partial charge in [-0.3, -0.25) is 4.79 Å². The maximum absolute atomic E-state index is 12.4. The fourth-order valence-electron chi connectivity index (χ4n) is 3.46. The molecular formula is C28H29ClO5. The number of allylic oxidation sites excluding steroid dienone is 1. The first-order valence-electron chi connectivity index (χ1n) is 11.0. The summed E-state index contributed by atoms with van der Waals surface area (Å²) >= 11 is 6.29. The second kappa shape index (κ2) is 12.7. The van der Waals surface area contributed by atoms with Crippen LogP contribution in [0.2, 0.25) is 5.02 Å². The molecule has 3 aromatic rings. The fraction of sp³-hybridized carbons (Fsp3) is 0.250. The van der Waals surface area contributed by atoms with Crippen molar-refractivity contribution < 1.29 is 23.7 Å². The van der Waals surface area contributed by atoms with Crippen LogP contribution in [0.1, 0.15) is 29.5 Å². The van der Waals surface area contributed by atoms with Gasteiger partial charge in [-0.25, -0.2) is 0 Å². The third-order valence-electron chi connectivity index (χ3n) is 5.31. The number of halogens is 1. The van der Waals surface area contributed by atoms with Crippen LogP contribution < -0.4 is 18.9 Å². The summed E-state index contributed by atoms with van der Waals surface area (Å²) in [6, 6.07) is 19.3. The van der Waals surface area contributed by atoms with Crippen molar-refractivity contribution in [1.82, 2.24) is 0 Å². The molecule has 0 heterocycles. The number of methoxy groups -OCH3 is 3. The maximum Gasteiger partial charge on any atom is 0.162 e. The zero-order valence-electron chi connectivity index (χ0n) is 19.7. The summed E-state index contributed by atoms with van der Waals surface area (Å²) in [6.45, 7) is 0.461. The molecule has 3 aromatic carbocycles. The molecule has 0 aromatic heterocycles. The van der Waals surface area contributed by atoms with Crippen LogP contribution in [0.5, 0.6) is 23.0 Å². The second-order valence-corrected chi connectivity index (χ2v) is 8.05. The summed E-state index contributed by atoms with van der Waals surface area (Å²) in [4.78, 5) is 12.4. The lowest BCUT2D eigenvalue weighted by molar-refractivity contribution is -0.114. The van der Waals surface area contributed by atoms with Crippen molar-refractivity contribution in [1.29, 1.82) is 0 Å². The number of ether oxygens (including phenoxy) is 4. The number of hydrogen-bond acceptors (Lipinski definition) is 5. The van der Waals surface area contributed by atoms with E-state index in [0.29, 0.717) is 53.0 Å². The van der Waals surface area contributed by atoms with Crippen molar-refractivity contribution in [2.24, 2.45) is 0 Å². The van der Waals surface area contributed by atoms with Gasteiger partial charge in [0, 0.05) is 12.5 Å². The molecule has 34 heavy (non-hydrogen) atoms. The molecule has 0 amide bonds. The van der Waals surface area contributed by atoms with Crippen molar-refractivity contribution in [3.8, 4) is 23.0 Å². The highest BCUT2D eigenvalue weighted by atomic mass is 35.5. The van der Waals surface area contributed by atoms with E-state index in [4.69, 9.17) is 30.5 Å². The average Bonchev–Trinajstić information content (AvgIpc) is 2.87. The smallest absolute Gasteiger partial charge is 0.162 e. The first-order chi connectivity index (χ1) is 16.5. The third kappa shape index (κ3) is 7.03. The lowest BCUT2D eigenvalue weighted by Crippen LogP contribution is -1.99. The Morgan fingerprint density at radius 2 is 1.53 bits per heavy atom. The summed E-state index contributed by atoms with van der Waals surface area (Å²) in [5, 5.41) is 0.489. The van der Waals surface area contributed by atoms with E-state index in [9.17, 15) is 4.79 Å². The van der Waals surface area contributed by atoms with Gasteiger partial charge in [0.25, 0.3) is 0 Å². The van der Waals surface area contributed by atoms with Crippen LogP contribution in [-0.2, 0) is 17.8 Å². The zero-order valence-corrected chi connectivity index (χ0v) is 20.4. The van der Waals surface area contributed by atoms with Gasteiger partial charge in [-0.15, -0.1) is 0 Å². The average molecular weight is 481 g/mol. The van der Waals surface area contributed by atoms with Gasteiger partial charge in [-0.1, -0.05) is 48.0 Å². The van der Waals surface area contributed by atoms with Gasteiger partial charge in [0.05, 0.1) is 26.4 Å². The normalized spacial score (nSPS) is 10.8. The van der Waals surface area contributed by atoms with E-state index in [1.165, 1.54) is 0 Å². The number of benzene rings is 3. The number of carbonyl (C=O) groups excluding carboxylic acids is 1. The molecule has 0 aliphatic heterocycles. The minimum atomic E-state index is 0.0277. The van der Waals surface area contributed by atoms with Gasteiger partial charge in [-0.2, -0.15) is 0 Å². The Morgan fingerprint density at radius 1 is 0.824 bits per heavy atom. The first-order valence-corrected chi connectivity index (χ1v) is 11.4. The predicted octanol–water partition coefficient (Wildman–Crippen LogP) is 6.55. The van der Waals surface area contributed by atoms with E-state index < -0.39 is 0 Å².